The first kappa shape index (κ1) is 17.6. The van der Waals surface area contributed by atoms with Crippen molar-refractivity contribution in [1.29, 1.82) is 0 Å². The summed E-state index contributed by atoms with van der Waals surface area (Å²) >= 11 is 0. The van der Waals surface area contributed by atoms with Crippen LogP contribution in [0.3, 0.4) is 0 Å². The lowest BCUT2D eigenvalue weighted by molar-refractivity contribution is -0.116. The molecule has 136 valence electrons. The van der Waals surface area contributed by atoms with Crippen LogP contribution in [-0.4, -0.2) is 41.6 Å². The summed E-state index contributed by atoms with van der Waals surface area (Å²) in [5.74, 6) is 0.634. The van der Waals surface area contributed by atoms with Gasteiger partial charge in [-0.1, -0.05) is 12.1 Å². The molecular formula is C19H27N3O3. The van der Waals surface area contributed by atoms with Crippen molar-refractivity contribution in [1.82, 2.24) is 4.90 Å². The number of amides is 2. The Morgan fingerprint density at radius 1 is 1.16 bits per heavy atom. The molecule has 1 saturated heterocycles. The van der Waals surface area contributed by atoms with Crippen LogP contribution >= 0.6 is 0 Å². The molecule has 1 aromatic carbocycles. The molecule has 1 aliphatic carbocycles. The van der Waals surface area contributed by atoms with Crippen LogP contribution in [0.5, 0.6) is 0 Å². The molecule has 25 heavy (non-hydrogen) atoms. The maximum atomic E-state index is 12.1. The zero-order valence-electron chi connectivity index (χ0n) is 15.2. The van der Waals surface area contributed by atoms with E-state index < -0.39 is 5.60 Å². The average molecular weight is 345 g/mol. The molecule has 2 fully saturated rings. The highest BCUT2D eigenvalue weighted by molar-refractivity contribution is 5.94. The van der Waals surface area contributed by atoms with Crippen molar-refractivity contribution in [2.75, 3.05) is 23.7 Å². The van der Waals surface area contributed by atoms with E-state index in [1.54, 1.807) is 4.90 Å². The first-order valence-electron chi connectivity index (χ1n) is 8.93. The van der Waals surface area contributed by atoms with Crippen molar-refractivity contribution in [3.63, 3.8) is 0 Å². The fourth-order valence-corrected chi connectivity index (χ4v) is 2.77. The number of nitrogens with zero attached hydrogens (tertiary/aromatic N) is 1. The van der Waals surface area contributed by atoms with Crippen molar-refractivity contribution in [2.24, 2.45) is 5.92 Å². The summed E-state index contributed by atoms with van der Waals surface area (Å²) in [7, 11) is 0. The molecule has 0 bridgehead atoms. The number of carbonyl (C=O) groups is 2. The van der Waals surface area contributed by atoms with Crippen LogP contribution in [-0.2, 0) is 9.53 Å². The van der Waals surface area contributed by atoms with E-state index in [1.165, 1.54) is 0 Å². The van der Waals surface area contributed by atoms with Gasteiger partial charge in [0.05, 0.1) is 17.4 Å². The summed E-state index contributed by atoms with van der Waals surface area (Å²) in [5, 5.41) is 6.40. The van der Waals surface area contributed by atoms with Gasteiger partial charge in [0.25, 0.3) is 0 Å². The van der Waals surface area contributed by atoms with Crippen molar-refractivity contribution < 1.29 is 14.3 Å². The molecule has 0 aromatic heterocycles. The van der Waals surface area contributed by atoms with Gasteiger partial charge in [-0.25, -0.2) is 4.79 Å². The summed E-state index contributed by atoms with van der Waals surface area (Å²) in [6.45, 7) is 6.78. The Morgan fingerprint density at radius 2 is 1.80 bits per heavy atom. The van der Waals surface area contributed by atoms with Gasteiger partial charge < -0.3 is 20.3 Å². The standard InChI is InChI=1S/C19H27N3O3/c1-19(2,3)25-18(24)22-11-14(12-22)20-15-6-4-5-7-16(15)21-17(23)10-13-8-9-13/h4-7,13-14,20H,8-12H2,1-3H3,(H,21,23). The van der Waals surface area contributed by atoms with Gasteiger partial charge in [-0.05, 0) is 51.7 Å². The number of ether oxygens (including phenoxy) is 1. The number of para-hydroxylation sites is 2. The van der Waals surface area contributed by atoms with E-state index in [0.29, 0.717) is 25.4 Å². The minimum Gasteiger partial charge on any atom is -0.444 e. The summed E-state index contributed by atoms with van der Waals surface area (Å²) in [6, 6.07) is 7.85. The summed E-state index contributed by atoms with van der Waals surface area (Å²) < 4.78 is 5.36. The second-order valence-corrected chi connectivity index (χ2v) is 7.97. The number of benzene rings is 1. The van der Waals surface area contributed by atoms with Gasteiger partial charge in [-0.15, -0.1) is 0 Å². The molecule has 0 atom stereocenters. The van der Waals surface area contributed by atoms with Gasteiger partial charge in [-0.3, -0.25) is 4.79 Å². The molecule has 0 spiro atoms. The number of hydrogen-bond donors (Lipinski definition) is 2. The molecule has 2 N–H and O–H groups in total. The third-order valence-corrected chi connectivity index (χ3v) is 4.27. The van der Waals surface area contributed by atoms with Crippen molar-refractivity contribution in [3.05, 3.63) is 24.3 Å². The van der Waals surface area contributed by atoms with Gasteiger partial charge in [0.2, 0.25) is 5.91 Å². The predicted octanol–water partition coefficient (Wildman–Crippen LogP) is 3.46. The molecule has 2 aliphatic rings. The summed E-state index contributed by atoms with van der Waals surface area (Å²) in [5.41, 5.74) is 1.21. The minimum absolute atomic E-state index is 0.0701. The second-order valence-electron chi connectivity index (χ2n) is 7.97. The summed E-state index contributed by atoms with van der Waals surface area (Å²) in [6.07, 6.45) is 2.65. The Kier molecular flexibility index (Phi) is 4.88. The zero-order chi connectivity index (χ0) is 18.0. The van der Waals surface area contributed by atoms with Crippen LogP contribution in [0.15, 0.2) is 24.3 Å². The van der Waals surface area contributed by atoms with E-state index in [9.17, 15) is 9.59 Å². The molecule has 0 radical (unpaired) electrons. The highest BCUT2D eigenvalue weighted by atomic mass is 16.6. The number of carbonyl (C=O) groups excluding carboxylic acids is 2. The van der Waals surface area contributed by atoms with Crippen LogP contribution in [0.1, 0.15) is 40.0 Å². The first-order chi connectivity index (χ1) is 11.8. The molecule has 1 heterocycles. The number of rotatable bonds is 5. The molecule has 0 unspecified atom stereocenters. The van der Waals surface area contributed by atoms with E-state index in [0.717, 1.165) is 24.2 Å². The molecular weight excluding hydrogens is 318 g/mol. The normalized spacial score (nSPS) is 17.6. The highest BCUT2D eigenvalue weighted by Crippen LogP contribution is 2.33. The van der Waals surface area contributed by atoms with Gasteiger partial charge in [0, 0.05) is 19.5 Å². The van der Waals surface area contributed by atoms with Crippen molar-refractivity contribution >= 4 is 23.4 Å². The molecule has 6 heteroatoms. The third kappa shape index (κ3) is 5.11. The fraction of sp³-hybridized carbons (Fsp3) is 0.579. The lowest BCUT2D eigenvalue weighted by Gasteiger charge is -2.40. The maximum absolute atomic E-state index is 12.1. The maximum Gasteiger partial charge on any atom is 0.410 e. The Bertz CT molecular complexity index is 644. The van der Waals surface area contributed by atoms with Gasteiger partial charge in [0.1, 0.15) is 5.60 Å². The molecule has 1 saturated carbocycles. The van der Waals surface area contributed by atoms with E-state index in [2.05, 4.69) is 10.6 Å². The number of likely N-dealkylation sites (tertiary alicyclic amines) is 1. The van der Waals surface area contributed by atoms with E-state index in [1.807, 2.05) is 45.0 Å². The van der Waals surface area contributed by atoms with E-state index in [4.69, 9.17) is 4.74 Å². The Morgan fingerprint density at radius 3 is 2.40 bits per heavy atom. The van der Waals surface area contributed by atoms with E-state index in [-0.39, 0.29) is 18.0 Å². The van der Waals surface area contributed by atoms with Gasteiger partial charge >= 0.3 is 6.09 Å². The lowest BCUT2D eigenvalue weighted by atomic mass is 10.1. The van der Waals surface area contributed by atoms with Crippen molar-refractivity contribution in [2.45, 2.75) is 51.7 Å². The largest absolute Gasteiger partial charge is 0.444 e. The van der Waals surface area contributed by atoms with Crippen LogP contribution in [0, 0.1) is 5.92 Å². The van der Waals surface area contributed by atoms with Crippen molar-refractivity contribution in [3.8, 4) is 0 Å². The molecule has 3 rings (SSSR count). The molecule has 1 aromatic rings. The minimum atomic E-state index is -0.478. The van der Waals surface area contributed by atoms with Crippen LogP contribution < -0.4 is 10.6 Å². The number of anilines is 2. The van der Waals surface area contributed by atoms with Gasteiger partial charge in [-0.2, -0.15) is 0 Å². The SMILES string of the molecule is CC(C)(C)OC(=O)N1CC(Nc2ccccc2NC(=O)CC2CC2)C1. The Hall–Kier alpha value is -2.24. The third-order valence-electron chi connectivity index (χ3n) is 4.27. The number of hydrogen-bond acceptors (Lipinski definition) is 4. The van der Waals surface area contributed by atoms with Crippen LogP contribution in [0.2, 0.25) is 0 Å². The zero-order valence-corrected chi connectivity index (χ0v) is 15.2. The van der Waals surface area contributed by atoms with Gasteiger partial charge in [0.15, 0.2) is 0 Å². The lowest BCUT2D eigenvalue weighted by Crippen LogP contribution is -2.58. The molecule has 2 amide bonds. The number of nitrogens with one attached hydrogen (secondary N) is 2. The fourth-order valence-electron chi connectivity index (χ4n) is 2.77. The Labute approximate surface area is 148 Å². The summed E-state index contributed by atoms with van der Waals surface area (Å²) in [4.78, 5) is 25.7. The first-order valence-corrected chi connectivity index (χ1v) is 8.93. The smallest absolute Gasteiger partial charge is 0.410 e. The highest BCUT2D eigenvalue weighted by Gasteiger charge is 2.34. The quantitative estimate of drug-likeness (QED) is 0.857. The monoisotopic (exact) mass is 345 g/mol. The van der Waals surface area contributed by atoms with E-state index >= 15 is 0 Å². The predicted molar refractivity (Wildman–Crippen MR) is 97.6 cm³/mol. The second kappa shape index (κ2) is 6.94. The average Bonchev–Trinajstić information content (AvgIpc) is 3.25. The van der Waals surface area contributed by atoms with Crippen LogP contribution in [0.25, 0.3) is 0 Å². The topological polar surface area (TPSA) is 70.7 Å². The molecule has 1 aliphatic heterocycles. The van der Waals surface area contributed by atoms with Crippen LogP contribution in [0.4, 0.5) is 16.2 Å². The molecule has 6 nitrogen and oxygen atoms in total. The Balaban J connectivity index is 1.50.